The molecule has 0 radical (unpaired) electrons. The van der Waals surface area contributed by atoms with E-state index in [0.29, 0.717) is 12.8 Å². The molecule has 0 bridgehead atoms. The number of nitrogens with one attached hydrogen (secondary N) is 1. The zero-order valence-electron chi connectivity index (χ0n) is 40.9. The molecule has 0 aromatic carbocycles. The molecule has 0 spiro atoms. The van der Waals surface area contributed by atoms with E-state index in [9.17, 15) is 43.3 Å². The first-order chi connectivity index (χ1) is 31.4. The van der Waals surface area contributed by atoms with Gasteiger partial charge < -0.3 is 40.3 Å². The number of carbonyl (C=O) groups excluding carboxylic acids is 1. The van der Waals surface area contributed by atoms with Crippen LogP contribution in [0.5, 0.6) is 0 Å². The molecular formula is C51H97NO12S. The Labute approximate surface area is 395 Å². The quantitative estimate of drug-likeness (QED) is 0.0173. The molecule has 0 aromatic heterocycles. The van der Waals surface area contributed by atoms with Crippen molar-refractivity contribution in [2.24, 2.45) is 0 Å². The number of amides is 1. The minimum Gasteiger partial charge on any atom is -0.394 e. The number of carbonyl (C=O) groups is 1. The maximum atomic E-state index is 13.2. The summed E-state index contributed by atoms with van der Waals surface area (Å²) < 4.78 is 47.6. The Morgan fingerprint density at radius 3 is 1.48 bits per heavy atom. The number of unbranched alkanes of at least 4 members (excludes halogenated alkanes) is 30. The summed E-state index contributed by atoms with van der Waals surface area (Å²) >= 11 is 0. The fourth-order valence-corrected chi connectivity index (χ4v) is 8.93. The van der Waals surface area contributed by atoms with Crippen molar-refractivity contribution in [2.75, 3.05) is 13.2 Å². The molecule has 0 saturated carbocycles. The summed E-state index contributed by atoms with van der Waals surface area (Å²) in [6, 6.07) is -1.13. The molecule has 0 aromatic rings. The van der Waals surface area contributed by atoms with Crippen LogP contribution in [0.1, 0.15) is 232 Å². The van der Waals surface area contributed by atoms with Crippen LogP contribution in [0.3, 0.4) is 0 Å². The van der Waals surface area contributed by atoms with E-state index < -0.39 is 78.5 Å². The van der Waals surface area contributed by atoms with Gasteiger partial charge in [-0.15, -0.1) is 0 Å². The monoisotopic (exact) mass is 948 g/mol. The highest BCUT2D eigenvalue weighted by molar-refractivity contribution is 7.80. The van der Waals surface area contributed by atoms with E-state index in [4.69, 9.17) is 9.47 Å². The van der Waals surface area contributed by atoms with E-state index in [-0.39, 0.29) is 6.42 Å². The molecule has 1 rings (SSSR count). The number of rotatable bonds is 45. The first-order valence-electron chi connectivity index (χ1n) is 26.3. The second-order valence-corrected chi connectivity index (χ2v) is 19.7. The molecule has 1 fully saturated rings. The maximum absolute atomic E-state index is 13.2. The molecule has 0 aliphatic carbocycles. The predicted molar refractivity (Wildman–Crippen MR) is 261 cm³/mol. The topological polar surface area (TPSA) is 212 Å². The third-order valence-electron chi connectivity index (χ3n) is 12.6. The molecule has 13 nitrogen and oxygen atoms in total. The van der Waals surface area contributed by atoms with Crippen LogP contribution in [0, 0.1) is 0 Å². The van der Waals surface area contributed by atoms with Crippen LogP contribution in [-0.4, -0.2) is 107 Å². The SMILES string of the molecule is CCCCCCCCCCCCCCCC/C=C/CC/C=C/C(O)C(COC1OC(CO)C(O)C(OS(=O)(=O)O)C1O)NC(=O)C(O)CCCCCCCCCCCCCCCCCC. The van der Waals surface area contributed by atoms with Crippen molar-refractivity contribution in [2.45, 2.75) is 281 Å². The van der Waals surface area contributed by atoms with Crippen LogP contribution in [0.25, 0.3) is 0 Å². The van der Waals surface area contributed by atoms with Crippen LogP contribution < -0.4 is 5.32 Å². The van der Waals surface area contributed by atoms with Crippen LogP contribution >= 0.6 is 0 Å². The molecule has 1 aliphatic heterocycles. The summed E-state index contributed by atoms with van der Waals surface area (Å²) in [6.45, 7) is 3.23. The first kappa shape index (κ1) is 61.6. The number of hydrogen-bond donors (Lipinski definition) is 7. The van der Waals surface area contributed by atoms with Crippen molar-refractivity contribution in [3.63, 3.8) is 0 Å². The number of allylic oxidation sites excluding steroid dienone is 3. The van der Waals surface area contributed by atoms with Gasteiger partial charge in [-0.1, -0.05) is 224 Å². The number of ether oxygens (including phenoxy) is 2. The van der Waals surface area contributed by atoms with Gasteiger partial charge in [-0.25, -0.2) is 4.18 Å². The lowest BCUT2D eigenvalue weighted by Crippen LogP contribution is -2.61. The van der Waals surface area contributed by atoms with Crippen molar-refractivity contribution in [3.05, 3.63) is 24.3 Å². The molecule has 8 atom stereocenters. The van der Waals surface area contributed by atoms with Gasteiger partial charge >= 0.3 is 10.4 Å². The third-order valence-corrected chi connectivity index (χ3v) is 13.1. The Bertz CT molecular complexity index is 1270. The average Bonchev–Trinajstić information content (AvgIpc) is 3.28. The van der Waals surface area contributed by atoms with Gasteiger partial charge in [-0.3, -0.25) is 9.35 Å². The van der Waals surface area contributed by atoms with E-state index in [1.54, 1.807) is 6.08 Å². The Morgan fingerprint density at radius 1 is 0.615 bits per heavy atom. The minimum absolute atomic E-state index is 0.241. The largest absolute Gasteiger partial charge is 0.397 e. The van der Waals surface area contributed by atoms with Crippen molar-refractivity contribution < 1.29 is 57.0 Å². The standard InChI is InChI=1S/C51H97NO12S/c1-3-5-7-9-11-13-15-17-19-21-22-23-24-26-27-29-31-33-35-37-39-44(54)43(42-62-51-48(57)49(64-65(59,60)61)47(56)46(41-53)63-51)52-50(58)45(55)40-38-36-34-32-30-28-25-20-18-16-14-12-10-8-6-4-2/h29,31,37,39,43-49,51,53-57H,3-28,30,32-36,38,40-42H2,1-2H3,(H,52,58)(H,59,60,61)/b31-29+,39-37+. The average molecular weight is 948 g/mol. The zero-order valence-corrected chi connectivity index (χ0v) is 41.7. The molecule has 65 heavy (non-hydrogen) atoms. The van der Waals surface area contributed by atoms with Crippen molar-refractivity contribution in [1.29, 1.82) is 0 Å². The molecule has 14 heteroatoms. The van der Waals surface area contributed by atoms with Gasteiger partial charge in [0.05, 0.1) is 25.4 Å². The third kappa shape index (κ3) is 33.6. The molecular weight excluding hydrogens is 851 g/mol. The number of hydrogen-bond acceptors (Lipinski definition) is 11. The summed E-state index contributed by atoms with van der Waals surface area (Å²) in [7, 11) is -5.12. The number of aliphatic hydroxyl groups is 5. The lowest BCUT2D eigenvalue weighted by atomic mass is 9.99. The molecule has 7 N–H and O–H groups in total. The lowest BCUT2D eigenvalue weighted by Gasteiger charge is -2.41. The molecule has 8 unspecified atom stereocenters. The molecule has 1 amide bonds. The van der Waals surface area contributed by atoms with Crippen LogP contribution in [0.15, 0.2) is 24.3 Å². The smallest absolute Gasteiger partial charge is 0.394 e. The van der Waals surface area contributed by atoms with Gasteiger partial charge in [0.15, 0.2) is 6.29 Å². The fraction of sp³-hybridized carbons (Fsp3) is 0.902. The summed E-state index contributed by atoms with van der Waals surface area (Å²) in [5.41, 5.74) is 0. The highest BCUT2D eigenvalue weighted by Crippen LogP contribution is 2.26. The lowest BCUT2D eigenvalue weighted by molar-refractivity contribution is -0.298. The molecule has 1 saturated heterocycles. The van der Waals surface area contributed by atoms with Gasteiger partial charge in [0.2, 0.25) is 5.91 Å². The van der Waals surface area contributed by atoms with Gasteiger partial charge in [0.1, 0.15) is 30.5 Å². The second-order valence-electron chi connectivity index (χ2n) is 18.6. The van der Waals surface area contributed by atoms with Gasteiger partial charge in [-0.2, -0.15) is 8.42 Å². The van der Waals surface area contributed by atoms with E-state index in [2.05, 4.69) is 35.5 Å². The van der Waals surface area contributed by atoms with Crippen LogP contribution in [-0.2, 0) is 28.9 Å². The summed E-state index contributed by atoms with van der Waals surface area (Å²) in [5, 5.41) is 55.4. The highest BCUT2D eigenvalue weighted by atomic mass is 32.3. The van der Waals surface area contributed by atoms with E-state index in [1.807, 2.05) is 0 Å². The second kappa shape index (κ2) is 41.5. The summed E-state index contributed by atoms with van der Waals surface area (Å²) in [6.07, 6.45) is 36.8. The van der Waals surface area contributed by atoms with E-state index >= 15 is 0 Å². The summed E-state index contributed by atoms with van der Waals surface area (Å²) in [4.78, 5) is 13.2. The number of aliphatic hydroxyl groups excluding tert-OH is 5. The van der Waals surface area contributed by atoms with Gasteiger partial charge in [0.25, 0.3) is 0 Å². The molecule has 1 aliphatic rings. The zero-order chi connectivity index (χ0) is 47.8. The maximum Gasteiger partial charge on any atom is 0.397 e. The normalized spacial score (nSPS) is 20.8. The Hall–Kier alpha value is -1.46. The van der Waals surface area contributed by atoms with Gasteiger partial charge in [-0.05, 0) is 32.1 Å². The highest BCUT2D eigenvalue weighted by Gasteiger charge is 2.48. The molecule has 384 valence electrons. The van der Waals surface area contributed by atoms with Crippen molar-refractivity contribution in [1.82, 2.24) is 5.32 Å². The van der Waals surface area contributed by atoms with Crippen LogP contribution in [0.2, 0.25) is 0 Å². The summed E-state index contributed by atoms with van der Waals surface area (Å²) in [5.74, 6) is -0.709. The minimum atomic E-state index is -5.12. The van der Waals surface area contributed by atoms with E-state index in [0.717, 1.165) is 38.5 Å². The fourth-order valence-electron chi connectivity index (χ4n) is 8.42. The Balaban J connectivity index is 2.53. The van der Waals surface area contributed by atoms with Crippen LogP contribution in [0.4, 0.5) is 0 Å². The Morgan fingerprint density at radius 2 is 1.03 bits per heavy atom. The predicted octanol–water partition coefficient (Wildman–Crippen LogP) is 10.3. The first-order valence-corrected chi connectivity index (χ1v) is 27.7. The van der Waals surface area contributed by atoms with E-state index in [1.165, 1.54) is 167 Å². The van der Waals surface area contributed by atoms with Crippen molar-refractivity contribution in [3.8, 4) is 0 Å². The Kier molecular flexibility index (Phi) is 39.3. The van der Waals surface area contributed by atoms with Gasteiger partial charge in [0, 0.05) is 0 Å². The van der Waals surface area contributed by atoms with Crippen molar-refractivity contribution >= 4 is 16.3 Å². The molecule has 1 heterocycles.